The van der Waals surface area contributed by atoms with E-state index in [1.165, 1.54) is 0 Å². The van der Waals surface area contributed by atoms with Gasteiger partial charge >= 0.3 is 0 Å². The van der Waals surface area contributed by atoms with Gasteiger partial charge in [0.1, 0.15) is 0 Å². The third-order valence-corrected chi connectivity index (χ3v) is 2.72. The number of ether oxygens (including phenoxy) is 2. The summed E-state index contributed by atoms with van der Waals surface area (Å²) in [5.74, 6) is 1.86. The maximum absolute atomic E-state index is 8.45. The first-order chi connectivity index (χ1) is 8.83. The van der Waals surface area contributed by atoms with Crippen molar-refractivity contribution < 1.29 is 9.47 Å². The highest BCUT2D eigenvalue weighted by molar-refractivity contribution is 6.17. The summed E-state index contributed by atoms with van der Waals surface area (Å²) in [6, 6.07) is 7.84. The lowest BCUT2D eigenvalue weighted by atomic mass is 10.2. The summed E-state index contributed by atoms with van der Waals surface area (Å²) in [6.45, 7) is 3.11. The Kier molecular flexibility index (Phi) is 7.05. The minimum absolute atomic E-state index is 0.397. The van der Waals surface area contributed by atoms with Crippen LogP contribution < -0.4 is 9.47 Å². The van der Waals surface area contributed by atoms with Gasteiger partial charge in [-0.1, -0.05) is 12.1 Å². The number of nitriles is 1. The van der Waals surface area contributed by atoms with E-state index in [1.54, 1.807) is 0 Å². The zero-order valence-corrected chi connectivity index (χ0v) is 11.4. The first-order valence-corrected chi connectivity index (χ1v) is 6.67. The van der Waals surface area contributed by atoms with Crippen LogP contribution in [-0.4, -0.2) is 13.2 Å². The number of alkyl halides is 1. The molecule has 1 rings (SSSR count). The van der Waals surface area contributed by atoms with Gasteiger partial charge in [-0.25, -0.2) is 0 Å². The second-order valence-corrected chi connectivity index (χ2v) is 4.04. The lowest BCUT2D eigenvalue weighted by Gasteiger charge is -2.14. The minimum Gasteiger partial charge on any atom is -0.490 e. The summed E-state index contributed by atoms with van der Waals surface area (Å²) in [5.41, 5.74) is 0.933. The second kappa shape index (κ2) is 8.66. The third kappa shape index (κ3) is 4.46. The molecule has 0 heterocycles. The summed E-state index contributed by atoms with van der Waals surface area (Å²) < 4.78 is 11.3. The van der Waals surface area contributed by atoms with Crippen molar-refractivity contribution in [3.8, 4) is 17.6 Å². The third-order valence-electron chi connectivity index (χ3n) is 2.43. The maximum atomic E-state index is 8.45. The number of hydrogen-bond donors (Lipinski definition) is 0. The van der Waals surface area contributed by atoms with E-state index in [0.29, 0.717) is 25.5 Å². The Balaban J connectivity index is 2.63. The van der Waals surface area contributed by atoms with Gasteiger partial charge in [0.15, 0.2) is 11.5 Å². The zero-order chi connectivity index (χ0) is 13.2. The number of halogens is 1. The van der Waals surface area contributed by atoms with Crippen LogP contribution in [0.1, 0.15) is 31.7 Å². The van der Waals surface area contributed by atoms with E-state index in [0.717, 1.165) is 29.9 Å². The van der Waals surface area contributed by atoms with E-state index >= 15 is 0 Å². The largest absolute Gasteiger partial charge is 0.490 e. The maximum Gasteiger partial charge on any atom is 0.165 e. The summed E-state index contributed by atoms with van der Waals surface area (Å²) in [6.07, 6.45) is 2.28. The van der Waals surface area contributed by atoms with Gasteiger partial charge in [0.25, 0.3) is 0 Å². The molecule has 0 spiro atoms. The van der Waals surface area contributed by atoms with Crippen molar-refractivity contribution in [1.82, 2.24) is 0 Å². The molecule has 1 aromatic rings. The summed E-state index contributed by atoms with van der Waals surface area (Å²) >= 11 is 5.89. The Morgan fingerprint density at radius 2 is 2.11 bits per heavy atom. The Hall–Kier alpha value is -1.40. The van der Waals surface area contributed by atoms with Crippen molar-refractivity contribution in [2.75, 3.05) is 13.2 Å². The monoisotopic (exact) mass is 267 g/mol. The van der Waals surface area contributed by atoms with Gasteiger partial charge in [0, 0.05) is 12.0 Å². The van der Waals surface area contributed by atoms with E-state index in [9.17, 15) is 0 Å². The van der Waals surface area contributed by atoms with Crippen LogP contribution in [0, 0.1) is 11.3 Å². The van der Waals surface area contributed by atoms with Crippen LogP contribution in [0.5, 0.6) is 11.5 Å². The normalized spacial score (nSPS) is 9.83. The van der Waals surface area contributed by atoms with E-state index in [4.69, 9.17) is 26.3 Å². The van der Waals surface area contributed by atoms with Crippen LogP contribution in [0.4, 0.5) is 0 Å². The molecule has 0 saturated carbocycles. The zero-order valence-electron chi connectivity index (χ0n) is 10.6. The molecule has 98 valence electrons. The Bertz CT molecular complexity index is 401. The van der Waals surface area contributed by atoms with Gasteiger partial charge < -0.3 is 9.47 Å². The fraction of sp³-hybridized carbons (Fsp3) is 0.500. The molecule has 0 atom stereocenters. The van der Waals surface area contributed by atoms with Crippen molar-refractivity contribution >= 4 is 11.6 Å². The number of hydrogen-bond acceptors (Lipinski definition) is 3. The molecular formula is C14H18ClNO2. The molecule has 1 aromatic carbocycles. The van der Waals surface area contributed by atoms with Gasteiger partial charge in [-0.3, -0.25) is 0 Å². The summed E-state index contributed by atoms with van der Waals surface area (Å²) in [5, 5.41) is 8.45. The van der Waals surface area contributed by atoms with Gasteiger partial charge in [-0.05, 0) is 25.8 Å². The Morgan fingerprint density at radius 1 is 1.28 bits per heavy atom. The first-order valence-electron chi connectivity index (χ1n) is 6.13. The molecule has 0 fully saturated rings. The molecule has 4 heteroatoms. The highest BCUT2D eigenvalue weighted by Gasteiger charge is 2.09. The predicted octanol–water partition coefficient (Wildman–Crippen LogP) is 3.90. The van der Waals surface area contributed by atoms with Crippen molar-refractivity contribution in [2.24, 2.45) is 0 Å². The number of nitrogens with zero attached hydrogens (tertiary/aromatic N) is 1. The van der Waals surface area contributed by atoms with Crippen LogP contribution in [0.15, 0.2) is 18.2 Å². The molecule has 0 bridgehead atoms. The molecule has 0 radical (unpaired) electrons. The topological polar surface area (TPSA) is 42.2 Å². The van der Waals surface area contributed by atoms with E-state index in [1.807, 2.05) is 25.1 Å². The Labute approximate surface area is 113 Å². The second-order valence-electron chi connectivity index (χ2n) is 3.77. The summed E-state index contributed by atoms with van der Waals surface area (Å²) in [7, 11) is 0. The smallest absolute Gasteiger partial charge is 0.165 e. The SMILES string of the molecule is CCOc1cccc(CCl)c1OCCCCC#N. The lowest BCUT2D eigenvalue weighted by Crippen LogP contribution is -2.03. The standard InChI is InChI=1S/C14H18ClNO2/c1-2-17-13-8-6-7-12(11-15)14(13)18-10-5-3-4-9-16/h6-8H,2-5,10-11H2,1H3. The van der Waals surface area contributed by atoms with Crippen LogP contribution in [0.2, 0.25) is 0 Å². The molecular weight excluding hydrogens is 250 g/mol. The van der Waals surface area contributed by atoms with Crippen molar-refractivity contribution in [1.29, 1.82) is 5.26 Å². The molecule has 0 aromatic heterocycles. The van der Waals surface area contributed by atoms with Crippen molar-refractivity contribution in [2.45, 2.75) is 32.1 Å². The van der Waals surface area contributed by atoms with Gasteiger partial charge in [0.2, 0.25) is 0 Å². The first kappa shape index (κ1) is 14.7. The average Bonchev–Trinajstić information content (AvgIpc) is 2.40. The molecule has 0 aliphatic heterocycles. The molecule has 0 aliphatic carbocycles. The number of para-hydroxylation sites is 1. The van der Waals surface area contributed by atoms with Crippen LogP contribution in [0.25, 0.3) is 0 Å². The molecule has 0 saturated heterocycles. The van der Waals surface area contributed by atoms with Gasteiger partial charge in [-0.2, -0.15) is 5.26 Å². The van der Waals surface area contributed by atoms with Crippen LogP contribution in [0.3, 0.4) is 0 Å². The van der Waals surface area contributed by atoms with Crippen LogP contribution >= 0.6 is 11.6 Å². The summed E-state index contributed by atoms with van der Waals surface area (Å²) in [4.78, 5) is 0. The fourth-order valence-electron chi connectivity index (χ4n) is 1.58. The lowest BCUT2D eigenvalue weighted by molar-refractivity contribution is 0.270. The minimum atomic E-state index is 0.397. The predicted molar refractivity (Wildman–Crippen MR) is 72.1 cm³/mol. The van der Waals surface area contributed by atoms with Crippen molar-refractivity contribution in [3.63, 3.8) is 0 Å². The van der Waals surface area contributed by atoms with Gasteiger partial charge in [-0.15, -0.1) is 11.6 Å². The number of rotatable bonds is 8. The highest BCUT2D eigenvalue weighted by Crippen LogP contribution is 2.32. The number of unbranched alkanes of at least 4 members (excludes halogenated alkanes) is 2. The van der Waals surface area contributed by atoms with E-state index in [2.05, 4.69) is 6.07 Å². The quantitative estimate of drug-likeness (QED) is 0.530. The molecule has 0 N–H and O–H groups in total. The highest BCUT2D eigenvalue weighted by atomic mass is 35.5. The van der Waals surface area contributed by atoms with E-state index < -0.39 is 0 Å². The van der Waals surface area contributed by atoms with Gasteiger partial charge in [0.05, 0.1) is 25.2 Å². The fourth-order valence-corrected chi connectivity index (χ4v) is 1.79. The Morgan fingerprint density at radius 3 is 2.78 bits per heavy atom. The number of benzene rings is 1. The van der Waals surface area contributed by atoms with Crippen LogP contribution in [-0.2, 0) is 5.88 Å². The molecule has 3 nitrogen and oxygen atoms in total. The molecule has 0 unspecified atom stereocenters. The average molecular weight is 268 g/mol. The van der Waals surface area contributed by atoms with E-state index in [-0.39, 0.29) is 0 Å². The molecule has 18 heavy (non-hydrogen) atoms. The molecule has 0 amide bonds. The molecule has 0 aliphatic rings. The van der Waals surface area contributed by atoms with Crippen molar-refractivity contribution in [3.05, 3.63) is 23.8 Å².